The molecule has 0 aromatic heterocycles. The summed E-state index contributed by atoms with van der Waals surface area (Å²) in [5, 5.41) is -0.235. The molecule has 2 nitrogen and oxygen atoms in total. The van der Waals surface area contributed by atoms with E-state index < -0.39 is 0 Å². The highest BCUT2D eigenvalue weighted by atomic mass is 32.2. The van der Waals surface area contributed by atoms with Crippen LogP contribution in [-0.2, 0) is 11.3 Å². The number of ether oxygens (including phenoxy) is 1. The molecule has 0 spiro atoms. The molecule has 0 radical (unpaired) electrons. The number of thioether (sulfide) groups is 1. The van der Waals surface area contributed by atoms with Gasteiger partial charge in [-0.3, -0.25) is 0 Å². The van der Waals surface area contributed by atoms with Crippen LogP contribution in [-0.4, -0.2) is 11.6 Å². The molecule has 1 rings (SSSR count). The zero-order valence-electron chi connectivity index (χ0n) is 7.74. The minimum absolute atomic E-state index is 0.235. The van der Waals surface area contributed by atoms with Crippen LogP contribution in [0.2, 0.25) is 0 Å². The summed E-state index contributed by atoms with van der Waals surface area (Å²) < 4.78 is 4.96. The lowest BCUT2D eigenvalue weighted by Gasteiger charge is -2.03. The molecule has 0 atom stereocenters. The second-order valence-electron chi connectivity index (χ2n) is 2.73. The van der Waals surface area contributed by atoms with Crippen molar-refractivity contribution in [2.45, 2.75) is 13.5 Å². The fraction of sp³-hybridized carbons (Fsp3) is 0.300. The SMILES string of the molecule is CSC(=O)OCc1cccc(C)c1. The molecule has 0 amide bonds. The quantitative estimate of drug-likeness (QED) is 0.680. The van der Waals surface area contributed by atoms with Gasteiger partial charge in [-0.15, -0.1) is 0 Å². The van der Waals surface area contributed by atoms with Crippen molar-refractivity contribution in [2.75, 3.05) is 6.26 Å². The van der Waals surface area contributed by atoms with Crippen LogP contribution in [0.25, 0.3) is 0 Å². The summed E-state index contributed by atoms with van der Waals surface area (Å²) in [4.78, 5) is 10.8. The number of aryl methyl sites for hydroxylation is 1. The standard InChI is InChI=1S/C10H12O2S/c1-8-4-3-5-9(6-8)7-12-10(11)13-2/h3-6H,7H2,1-2H3. The Morgan fingerprint density at radius 3 is 2.92 bits per heavy atom. The maximum absolute atomic E-state index is 10.8. The predicted molar refractivity (Wildman–Crippen MR) is 54.9 cm³/mol. The third kappa shape index (κ3) is 3.51. The van der Waals surface area contributed by atoms with Crippen LogP contribution >= 0.6 is 11.8 Å². The molecule has 0 heterocycles. The minimum Gasteiger partial charge on any atom is -0.453 e. The smallest absolute Gasteiger partial charge is 0.367 e. The van der Waals surface area contributed by atoms with Crippen molar-refractivity contribution in [3.8, 4) is 0 Å². The van der Waals surface area contributed by atoms with E-state index in [1.807, 2.05) is 31.2 Å². The van der Waals surface area contributed by atoms with E-state index in [0.717, 1.165) is 17.3 Å². The van der Waals surface area contributed by atoms with Crippen LogP contribution in [0.15, 0.2) is 24.3 Å². The van der Waals surface area contributed by atoms with Crippen LogP contribution in [0.3, 0.4) is 0 Å². The topological polar surface area (TPSA) is 26.3 Å². The first-order valence-corrected chi connectivity index (χ1v) is 5.21. The highest BCUT2D eigenvalue weighted by molar-refractivity contribution is 8.12. The summed E-state index contributed by atoms with van der Waals surface area (Å²) in [7, 11) is 0. The molecule has 0 bridgehead atoms. The molecule has 0 unspecified atom stereocenters. The second kappa shape index (κ2) is 4.92. The minimum atomic E-state index is -0.235. The van der Waals surface area contributed by atoms with Crippen LogP contribution in [0, 0.1) is 6.92 Å². The van der Waals surface area contributed by atoms with E-state index >= 15 is 0 Å². The van der Waals surface area contributed by atoms with E-state index in [0.29, 0.717) is 6.61 Å². The number of benzene rings is 1. The Kier molecular flexibility index (Phi) is 3.83. The van der Waals surface area contributed by atoms with Crippen LogP contribution < -0.4 is 0 Å². The number of carbonyl (C=O) groups excluding carboxylic acids is 1. The first-order chi connectivity index (χ1) is 6.22. The normalized spacial score (nSPS) is 9.69. The van der Waals surface area contributed by atoms with E-state index in [2.05, 4.69) is 0 Å². The molecule has 0 aliphatic rings. The molecule has 0 saturated carbocycles. The molecule has 0 fully saturated rings. The zero-order chi connectivity index (χ0) is 9.68. The Hall–Kier alpha value is -0.960. The first-order valence-electron chi connectivity index (χ1n) is 3.98. The Morgan fingerprint density at radius 2 is 2.31 bits per heavy atom. The Bertz CT molecular complexity index is 297. The first kappa shape index (κ1) is 10.1. The highest BCUT2D eigenvalue weighted by Gasteiger charge is 1.99. The summed E-state index contributed by atoms with van der Waals surface area (Å²) in [6.45, 7) is 2.38. The van der Waals surface area contributed by atoms with Crippen molar-refractivity contribution >= 4 is 17.1 Å². The molecule has 0 saturated heterocycles. The van der Waals surface area contributed by atoms with Crippen molar-refractivity contribution in [3.63, 3.8) is 0 Å². The van der Waals surface area contributed by atoms with Gasteiger partial charge in [0.25, 0.3) is 0 Å². The van der Waals surface area contributed by atoms with Crippen LogP contribution in [0.4, 0.5) is 4.79 Å². The Labute approximate surface area is 82.3 Å². The fourth-order valence-electron chi connectivity index (χ4n) is 1.00. The van der Waals surface area contributed by atoms with Gasteiger partial charge in [-0.05, 0) is 30.5 Å². The maximum atomic E-state index is 10.8. The molecule has 0 N–H and O–H groups in total. The third-order valence-electron chi connectivity index (χ3n) is 1.61. The van der Waals surface area contributed by atoms with Crippen molar-refractivity contribution in [3.05, 3.63) is 35.4 Å². The molecular weight excluding hydrogens is 184 g/mol. The van der Waals surface area contributed by atoms with E-state index in [-0.39, 0.29) is 5.30 Å². The molecule has 0 aliphatic heterocycles. The summed E-state index contributed by atoms with van der Waals surface area (Å²) in [5.41, 5.74) is 2.21. The van der Waals surface area contributed by atoms with Gasteiger partial charge in [0.05, 0.1) is 0 Å². The lowest BCUT2D eigenvalue weighted by molar-refractivity contribution is 0.169. The number of hydrogen-bond acceptors (Lipinski definition) is 3. The molecule has 13 heavy (non-hydrogen) atoms. The van der Waals surface area contributed by atoms with Gasteiger partial charge in [-0.25, -0.2) is 4.79 Å². The van der Waals surface area contributed by atoms with Gasteiger partial charge in [0.1, 0.15) is 6.61 Å². The van der Waals surface area contributed by atoms with Crippen molar-refractivity contribution in [1.29, 1.82) is 0 Å². The van der Waals surface area contributed by atoms with Gasteiger partial charge in [0.2, 0.25) is 0 Å². The molecule has 1 aromatic carbocycles. The fourth-order valence-corrected chi connectivity index (χ4v) is 1.18. The Morgan fingerprint density at radius 1 is 1.54 bits per heavy atom. The molecular formula is C10H12O2S. The zero-order valence-corrected chi connectivity index (χ0v) is 8.56. The summed E-state index contributed by atoms with van der Waals surface area (Å²) in [6, 6.07) is 7.92. The van der Waals surface area contributed by atoms with Gasteiger partial charge in [0.15, 0.2) is 0 Å². The molecule has 70 valence electrons. The largest absolute Gasteiger partial charge is 0.453 e. The van der Waals surface area contributed by atoms with E-state index in [1.54, 1.807) is 6.26 Å². The van der Waals surface area contributed by atoms with Gasteiger partial charge >= 0.3 is 5.30 Å². The maximum Gasteiger partial charge on any atom is 0.367 e. The molecule has 0 aliphatic carbocycles. The molecule has 1 aromatic rings. The van der Waals surface area contributed by atoms with E-state index in [4.69, 9.17) is 4.74 Å². The van der Waals surface area contributed by atoms with Crippen molar-refractivity contribution in [1.82, 2.24) is 0 Å². The lowest BCUT2D eigenvalue weighted by atomic mass is 10.1. The van der Waals surface area contributed by atoms with Gasteiger partial charge in [0, 0.05) is 0 Å². The van der Waals surface area contributed by atoms with E-state index in [9.17, 15) is 4.79 Å². The highest BCUT2D eigenvalue weighted by Crippen LogP contribution is 2.07. The molecule has 3 heteroatoms. The summed E-state index contributed by atoms with van der Waals surface area (Å²) in [5.74, 6) is 0. The number of carbonyl (C=O) groups is 1. The van der Waals surface area contributed by atoms with Crippen LogP contribution in [0.5, 0.6) is 0 Å². The number of hydrogen-bond donors (Lipinski definition) is 0. The van der Waals surface area contributed by atoms with Crippen molar-refractivity contribution < 1.29 is 9.53 Å². The monoisotopic (exact) mass is 196 g/mol. The van der Waals surface area contributed by atoms with Gasteiger partial charge in [-0.1, -0.05) is 29.8 Å². The average molecular weight is 196 g/mol. The number of rotatable bonds is 2. The van der Waals surface area contributed by atoms with Gasteiger partial charge < -0.3 is 4.74 Å². The summed E-state index contributed by atoms with van der Waals surface area (Å²) >= 11 is 1.09. The Balaban J connectivity index is 2.50. The average Bonchev–Trinajstić information content (AvgIpc) is 2.14. The van der Waals surface area contributed by atoms with E-state index in [1.165, 1.54) is 5.56 Å². The van der Waals surface area contributed by atoms with Crippen molar-refractivity contribution in [2.24, 2.45) is 0 Å². The predicted octanol–water partition coefficient (Wildman–Crippen LogP) is 2.99. The van der Waals surface area contributed by atoms with Gasteiger partial charge in [-0.2, -0.15) is 0 Å². The summed E-state index contributed by atoms with van der Waals surface area (Å²) in [6.07, 6.45) is 1.71. The second-order valence-corrected chi connectivity index (χ2v) is 3.47. The lowest BCUT2D eigenvalue weighted by Crippen LogP contribution is -1.97. The third-order valence-corrected chi connectivity index (χ3v) is 2.06. The van der Waals surface area contributed by atoms with Crippen LogP contribution in [0.1, 0.15) is 11.1 Å².